The number of aryl methyl sites for hydroxylation is 2. The van der Waals surface area contributed by atoms with Crippen LogP contribution in [0.4, 0.5) is 0 Å². The first kappa shape index (κ1) is 19.3. The third kappa shape index (κ3) is 4.63. The highest BCUT2D eigenvalue weighted by molar-refractivity contribution is 9.10. The third-order valence-corrected chi connectivity index (χ3v) is 5.12. The Kier molecular flexibility index (Phi) is 6.06. The van der Waals surface area contributed by atoms with Gasteiger partial charge in [0.05, 0.1) is 23.3 Å². The van der Waals surface area contributed by atoms with E-state index in [9.17, 15) is 9.59 Å². The molecule has 0 fully saturated rings. The Balaban J connectivity index is 1.64. The Morgan fingerprint density at radius 2 is 1.96 bits per heavy atom. The zero-order chi connectivity index (χ0) is 19.4. The maximum Gasteiger partial charge on any atom is 0.261 e. The zero-order valence-electron chi connectivity index (χ0n) is 15.4. The molecule has 0 saturated carbocycles. The molecule has 0 aliphatic carbocycles. The van der Waals surface area contributed by atoms with Crippen LogP contribution in [-0.4, -0.2) is 15.5 Å². The molecule has 0 spiro atoms. The molecule has 1 atom stereocenters. The summed E-state index contributed by atoms with van der Waals surface area (Å²) in [5, 5.41) is 3.53. The fourth-order valence-corrected chi connectivity index (χ4v) is 3.31. The van der Waals surface area contributed by atoms with Crippen LogP contribution in [0.3, 0.4) is 0 Å². The second kappa shape index (κ2) is 8.48. The maximum absolute atomic E-state index is 12.6. The van der Waals surface area contributed by atoms with Gasteiger partial charge in [-0.25, -0.2) is 4.98 Å². The van der Waals surface area contributed by atoms with Crippen LogP contribution in [0.1, 0.15) is 37.4 Å². The van der Waals surface area contributed by atoms with Crippen LogP contribution in [0.2, 0.25) is 0 Å². The SMILES string of the molecule is CCc1ccc([C@@H](C)NC(=O)CCn2cnc3ccc(Br)cc3c2=O)cc1. The number of halogens is 1. The summed E-state index contributed by atoms with van der Waals surface area (Å²) < 4.78 is 2.31. The van der Waals surface area contributed by atoms with Crippen molar-refractivity contribution in [3.63, 3.8) is 0 Å². The summed E-state index contributed by atoms with van der Waals surface area (Å²) in [6.45, 7) is 4.37. The Labute approximate surface area is 166 Å². The van der Waals surface area contributed by atoms with Gasteiger partial charge in [0.2, 0.25) is 5.91 Å². The summed E-state index contributed by atoms with van der Waals surface area (Å²) in [6.07, 6.45) is 2.71. The van der Waals surface area contributed by atoms with Gasteiger partial charge in [0.25, 0.3) is 5.56 Å². The van der Waals surface area contributed by atoms with Gasteiger partial charge in [-0.15, -0.1) is 0 Å². The summed E-state index contributed by atoms with van der Waals surface area (Å²) in [6, 6.07) is 13.6. The molecule has 3 rings (SSSR count). The first-order valence-corrected chi connectivity index (χ1v) is 9.80. The maximum atomic E-state index is 12.6. The molecule has 0 aliphatic rings. The highest BCUT2D eigenvalue weighted by Crippen LogP contribution is 2.15. The number of carbonyl (C=O) groups excluding carboxylic acids is 1. The van der Waals surface area contributed by atoms with E-state index in [4.69, 9.17) is 0 Å². The molecule has 5 nitrogen and oxygen atoms in total. The normalized spacial score (nSPS) is 12.1. The number of nitrogens with zero attached hydrogens (tertiary/aromatic N) is 2. The molecule has 0 radical (unpaired) electrons. The second-order valence-electron chi connectivity index (χ2n) is 6.54. The minimum absolute atomic E-state index is 0.0780. The molecule has 0 unspecified atom stereocenters. The molecule has 1 amide bonds. The van der Waals surface area contributed by atoms with Gasteiger partial charge in [0.1, 0.15) is 0 Å². The topological polar surface area (TPSA) is 64.0 Å². The highest BCUT2D eigenvalue weighted by Gasteiger charge is 2.11. The van der Waals surface area contributed by atoms with Crippen molar-refractivity contribution in [1.82, 2.24) is 14.9 Å². The Morgan fingerprint density at radius 1 is 1.22 bits per heavy atom. The molecule has 27 heavy (non-hydrogen) atoms. The van der Waals surface area contributed by atoms with E-state index in [0.29, 0.717) is 17.4 Å². The lowest BCUT2D eigenvalue weighted by Crippen LogP contribution is -2.29. The molecule has 0 bridgehead atoms. The van der Waals surface area contributed by atoms with Crippen molar-refractivity contribution in [2.75, 3.05) is 0 Å². The monoisotopic (exact) mass is 427 g/mol. The summed E-state index contributed by atoms with van der Waals surface area (Å²) in [5.74, 6) is -0.0942. The number of fused-ring (bicyclic) bond motifs is 1. The van der Waals surface area contributed by atoms with E-state index in [1.54, 1.807) is 12.1 Å². The predicted molar refractivity (Wildman–Crippen MR) is 111 cm³/mol. The minimum Gasteiger partial charge on any atom is -0.350 e. The van der Waals surface area contributed by atoms with E-state index in [0.717, 1.165) is 16.5 Å². The molecule has 2 aromatic carbocycles. The van der Waals surface area contributed by atoms with Gasteiger partial charge >= 0.3 is 0 Å². The van der Waals surface area contributed by atoms with Gasteiger partial charge < -0.3 is 5.32 Å². The summed E-state index contributed by atoms with van der Waals surface area (Å²) in [7, 11) is 0. The largest absolute Gasteiger partial charge is 0.350 e. The number of aromatic nitrogens is 2. The molecule has 1 aromatic heterocycles. The zero-order valence-corrected chi connectivity index (χ0v) is 17.0. The highest BCUT2D eigenvalue weighted by atomic mass is 79.9. The summed E-state index contributed by atoms with van der Waals surface area (Å²) >= 11 is 3.37. The number of benzene rings is 2. The van der Waals surface area contributed by atoms with Crippen molar-refractivity contribution in [3.8, 4) is 0 Å². The van der Waals surface area contributed by atoms with E-state index in [1.807, 2.05) is 25.1 Å². The van der Waals surface area contributed by atoms with E-state index in [1.165, 1.54) is 16.5 Å². The molecule has 1 heterocycles. The van der Waals surface area contributed by atoms with E-state index < -0.39 is 0 Å². The van der Waals surface area contributed by atoms with Crippen molar-refractivity contribution in [2.45, 2.75) is 39.3 Å². The second-order valence-corrected chi connectivity index (χ2v) is 7.45. The van der Waals surface area contributed by atoms with Crippen LogP contribution in [0.15, 0.2) is 58.1 Å². The standard InChI is InChI=1S/C21H22BrN3O2/c1-3-15-4-6-16(7-5-15)14(2)24-20(26)10-11-25-13-23-19-9-8-17(22)12-18(19)21(25)27/h4-9,12-14H,3,10-11H2,1-2H3,(H,24,26)/t14-/m1/s1. The Hall–Kier alpha value is -2.47. The van der Waals surface area contributed by atoms with Crippen molar-refractivity contribution >= 4 is 32.7 Å². The molecule has 1 N–H and O–H groups in total. The van der Waals surface area contributed by atoms with Crippen LogP contribution in [0.25, 0.3) is 10.9 Å². The predicted octanol–water partition coefficient (Wildman–Crippen LogP) is 3.99. The average molecular weight is 428 g/mol. The van der Waals surface area contributed by atoms with Gasteiger partial charge in [-0.3, -0.25) is 14.2 Å². The van der Waals surface area contributed by atoms with Crippen molar-refractivity contribution in [2.24, 2.45) is 0 Å². The van der Waals surface area contributed by atoms with Crippen LogP contribution >= 0.6 is 15.9 Å². The van der Waals surface area contributed by atoms with Gasteiger partial charge in [-0.2, -0.15) is 0 Å². The van der Waals surface area contributed by atoms with Gasteiger partial charge in [0.15, 0.2) is 0 Å². The van der Waals surface area contributed by atoms with Gasteiger partial charge in [-0.05, 0) is 42.7 Å². The molecular weight excluding hydrogens is 406 g/mol. The Morgan fingerprint density at radius 3 is 2.67 bits per heavy atom. The van der Waals surface area contributed by atoms with E-state index >= 15 is 0 Å². The molecule has 6 heteroatoms. The molecule has 140 valence electrons. The number of nitrogens with one attached hydrogen (secondary N) is 1. The van der Waals surface area contributed by atoms with Crippen molar-refractivity contribution in [1.29, 1.82) is 0 Å². The van der Waals surface area contributed by atoms with Crippen molar-refractivity contribution < 1.29 is 4.79 Å². The summed E-state index contributed by atoms with van der Waals surface area (Å²) in [5.41, 5.74) is 2.84. The smallest absolute Gasteiger partial charge is 0.261 e. The van der Waals surface area contributed by atoms with E-state index in [2.05, 4.69) is 45.3 Å². The molecule has 0 aliphatic heterocycles. The number of rotatable bonds is 6. The first-order chi connectivity index (χ1) is 13.0. The molecule has 0 saturated heterocycles. The lowest BCUT2D eigenvalue weighted by molar-refractivity contribution is -0.121. The number of hydrogen-bond acceptors (Lipinski definition) is 3. The summed E-state index contributed by atoms with van der Waals surface area (Å²) in [4.78, 5) is 29.2. The number of amides is 1. The van der Waals surface area contributed by atoms with E-state index in [-0.39, 0.29) is 23.9 Å². The fourth-order valence-electron chi connectivity index (χ4n) is 2.95. The number of hydrogen-bond donors (Lipinski definition) is 1. The first-order valence-electron chi connectivity index (χ1n) is 9.01. The minimum atomic E-state index is -0.141. The molecular formula is C21H22BrN3O2. The van der Waals surface area contributed by atoms with Crippen molar-refractivity contribution in [3.05, 3.63) is 74.7 Å². The average Bonchev–Trinajstić information content (AvgIpc) is 2.68. The van der Waals surface area contributed by atoms with Gasteiger partial charge in [0, 0.05) is 17.4 Å². The van der Waals surface area contributed by atoms with Crippen LogP contribution in [0.5, 0.6) is 0 Å². The lowest BCUT2D eigenvalue weighted by Gasteiger charge is -2.15. The Bertz CT molecular complexity index is 1010. The fraction of sp³-hybridized carbons (Fsp3) is 0.286. The third-order valence-electron chi connectivity index (χ3n) is 4.63. The number of carbonyl (C=O) groups is 1. The van der Waals surface area contributed by atoms with Crippen LogP contribution < -0.4 is 10.9 Å². The van der Waals surface area contributed by atoms with Crippen LogP contribution in [-0.2, 0) is 17.8 Å². The molecule has 3 aromatic rings. The van der Waals surface area contributed by atoms with Crippen LogP contribution in [0, 0.1) is 0 Å². The quantitative estimate of drug-likeness (QED) is 0.646. The van der Waals surface area contributed by atoms with Gasteiger partial charge in [-0.1, -0.05) is 47.1 Å². The lowest BCUT2D eigenvalue weighted by atomic mass is 10.0.